The number of aromatic nitrogens is 1. The van der Waals surface area contributed by atoms with Gasteiger partial charge in [-0.1, -0.05) is 0 Å². The van der Waals surface area contributed by atoms with E-state index in [0.717, 1.165) is 11.3 Å². The van der Waals surface area contributed by atoms with E-state index < -0.39 is 6.10 Å². The van der Waals surface area contributed by atoms with E-state index in [2.05, 4.69) is 11.4 Å². The van der Waals surface area contributed by atoms with Gasteiger partial charge in [-0.15, -0.1) is 0 Å². The zero-order valence-electron chi connectivity index (χ0n) is 9.56. The first-order valence-electron chi connectivity index (χ1n) is 5.15. The highest BCUT2D eigenvalue weighted by atomic mass is 16.3. The number of aliphatic hydroxyl groups excluding tert-OH is 2. The molecule has 1 aromatic heterocycles. The molecule has 1 aromatic rings. The molecule has 5 nitrogen and oxygen atoms in total. The Labute approximate surface area is 94.9 Å². The van der Waals surface area contributed by atoms with E-state index in [9.17, 15) is 0 Å². The van der Waals surface area contributed by atoms with Crippen molar-refractivity contribution in [1.82, 2.24) is 9.88 Å². The Kier molecular flexibility index (Phi) is 4.50. The van der Waals surface area contributed by atoms with Crippen LogP contribution in [0.4, 0.5) is 0 Å². The topological polar surface area (TPSA) is 81.2 Å². The van der Waals surface area contributed by atoms with Gasteiger partial charge in [0.2, 0.25) is 0 Å². The molecule has 1 unspecified atom stereocenters. The number of hydrogen-bond acceptors (Lipinski definition) is 4. The molecule has 0 saturated heterocycles. The average Bonchev–Trinajstić information content (AvgIpc) is 2.56. The Morgan fingerprint density at radius 1 is 1.62 bits per heavy atom. The number of nitriles is 1. The van der Waals surface area contributed by atoms with E-state index in [4.69, 9.17) is 15.5 Å². The molecular formula is C11H17N3O2. The third-order valence-corrected chi connectivity index (χ3v) is 2.66. The average molecular weight is 223 g/mol. The lowest BCUT2D eigenvalue weighted by Gasteiger charge is -2.08. The predicted octanol–water partition coefficient (Wildman–Crippen LogP) is -0.352. The van der Waals surface area contributed by atoms with Crippen LogP contribution >= 0.6 is 0 Å². The second kappa shape index (κ2) is 5.66. The Balaban J connectivity index is 2.58. The lowest BCUT2D eigenvalue weighted by molar-refractivity contribution is 0.0942. The Morgan fingerprint density at radius 2 is 2.31 bits per heavy atom. The van der Waals surface area contributed by atoms with Crippen molar-refractivity contribution in [3.8, 4) is 6.07 Å². The van der Waals surface area contributed by atoms with Crippen molar-refractivity contribution in [1.29, 1.82) is 5.26 Å². The standard InChI is InChI=1S/C11H17N3O2/c1-8-9(3-10(4-12)14(8)2)5-13-6-11(16)7-15/h3,11,13,15-16H,5-7H2,1-2H3. The highest BCUT2D eigenvalue weighted by Gasteiger charge is 2.08. The summed E-state index contributed by atoms with van der Waals surface area (Å²) >= 11 is 0. The molecule has 0 saturated carbocycles. The zero-order valence-corrected chi connectivity index (χ0v) is 9.56. The Bertz CT molecular complexity index is 393. The monoisotopic (exact) mass is 223 g/mol. The van der Waals surface area contributed by atoms with Gasteiger partial charge >= 0.3 is 0 Å². The third kappa shape index (κ3) is 2.83. The maximum atomic E-state index is 9.14. The molecule has 1 atom stereocenters. The van der Waals surface area contributed by atoms with Gasteiger partial charge in [-0.2, -0.15) is 5.26 Å². The van der Waals surface area contributed by atoms with Crippen LogP contribution in [0.15, 0.2) is 6.07 Å². The van der Waals surface area contributed by atoms with Crippen molar-refractivity contribution < 1.29 is 10.2 Å². The summed E-state index contributed by atoms with van der Waals surface area (Å²) in [5, 5.41) is 29.6. The molecule has 0 aliphatic rings. The molecule has 0 aliphatic heterocycles. The second-order valence-electron chi connectivity index (χ2n) is 3.78. The number of aliphatic hydroxyl groups is 2. The van der Waals surface area contributed by atoms with Crippen molar-refractivity contribution in [2.75, 3.05) is 13.2 Å². The van der Waals surface area contributed by atoms with Crippen LogP contribution in [-0.4, -0.2) is 34.0 Å². The molecule has 88 valence electrons. The minimum absolute atomic E-state index is 0.246. The molecular weight excluding hydrogens is 206 g/mol. The summed E-state index contributed by atoms with van der Waals surface area (Å²) in [5.41, 5.74) is 2.68. The SMILES string of the molecule is Cc1c(CNCC(O)CO)cc(C#N)n1C. The smallest absolute Gasteiger partial charge is 0.120 e. The Morgan fingerprint density at radius 3 is 2.81 bits per heavy atom. The van der Waals surface area contributed by atoms with Crippen molar-refractivity contribution >= 4 is 0 Å². The van der Waals surface area contributed by atoms with Gasteiger partial charge in [0.25, 0.3) is 0 Å². The highest BCUT2D eigenvalue weighted by Crippen LogP contribution is 2.12. The van der Waals surface area contributed by atoms with E-state index >= 15 is 0 Å². The molecule has 0 radical (unpaired) electrons. The number of nitrogens with zero attached hydrogens (tertiary/aromatic N) is 2. The van der Waals surface area contributed by atoms with Crippen LogP contribution in [0, 0.1) is 18.3 Å². The van der Waals surface area contributed by atoms with E-state index in [0.29, 0.717) is 18.8 Å². The summed E-state index contributed by atoms with van der Waals surface area (Å²) in [5.74, 6) is 0. The summed E-state index contributed by atoms with van der Waals surface area (Å²) in [6.45, 7) is 2.62. The lowest BCUT2D eigenvalue weighted by Crippen LogP contribution is -2.29. The molecule has 0 fully saturated rings. The van der Waals surface area contributed by atoms with Crippen molar-refractivity contribution in [3.63, 3.8) is 0 Å². The van der Waals surface area contributed by atoms with Gasteiger partial charge in [0.15, 0.2) is 0 Å². The third-order valence-electron chi connectivity index (χ3n) is 2.66. The fraction of sp³-hybridized carbons (Fsp3) is 0.545. The summed E-state index contributed by atoms with van der Waals surface area (Å²) < 4.78 is 1.83. The largest absolute Gasteiger partial charge is 0.394 e. The normalized spacial score (nSPS) is 12.4. The van der Waals surface area contributed by atoms with Crippen LogP contribution < -0.4 is 5.32 Å². The van der Waals surface area contributed by atoms with E-state index in [1.54, 1.807) is 0 Å². The van der Waals surface area contributed by atoms with Gasteiger partial charge in [-0.25, -0.2) is 0 Å². The number of rotatable bonds is 5. The quantitative estimate of drug-likeness (QED) is 0.637. The molecule has 0 amide bonds. The van der Waals surface area contributed by atoms with E-state index in [1.807, 2.05) is 24.6 Å². The van der Waals surface area contributed by atoms with Crippen LogP contribution in [0.2, 0.25) is 0 Å². The summed E-state index contributed by atoms with van der Waals surface area (Å²) in [6.07, 6.45) is -0.737. The number of nitrogens with one attached hydrogen (secondary N) is 1. The van der Waals surface area contributed by atoms with Crippen LogP contribution in [0.5, 0.6) is 0 Å². The highest BCUT2D eigenvalue weighted by molar-refractivity contribution is 5.33. The number of hydrogen-bond donors (Lipinski definition) is 3. The van der Waals surface area contributed by atoms with Crippen molar-refractivity contribution in [3.05, 3.63) is 23.0 Å². The van der Waals surface area contributed by atoms with Crippen molar-refractivity contribution in [2.24, 2.45) is 7.05 Å². The molecule has 1 rings (SSSR count). The second-order valence-corrected chi connectivity index (χ2v) is 3.78. The first-order chi connectivity index (χ1) is 7.60. The van der Waals surface area contributed by atoms with Gasteiger partial charge in [-0.3, -0.25) is 0 Å². The predicted molar refractivity (Wildman–Crippen MR) is 59.7 cm³/mol. The summed E-state index contributed by atoms with van der Waals surface area (Å²) in [4.78, 5) is 0. The van der Waals surface area contributed by atoms with E-state index in [1.165, 1.54) is 0 Å². The summed E-state index contributed by atoms with van der Waals surface area (Å²) in [7, 11) is 1.85. The van der Waals surface area contributed by atoms with Crippen LogP contribution in [-0.2, 0) is 13.6 Å². The first kappa shape index (κ1) is 12.7. The minimum Gasteiger partial charge on any atom is -0.394 e. The van der Waals surface area contributed by atoms with Gasteiger partial charge in [0.1, 0.15) is 11.8 Å². The Hall–Kier alpha value is -1.35. The molecule has 0 bridgehead atoms. The molecule has 16 heavy (non-hydrogen) atoms. The molecule has 3 N–H and O–H groups in total. The van der Waals surface area contributed by atoms with Gasteiger partial charge < -0.3 is 20.1 Å². The van der Waals surface area contributed by atoms with Gasteiger partial charge in [0.05, 0.1) is 12.7 Å². The van der Waals surface area contributed by atoms with Crippen LogP contribution in [0.3, 0.4) is 0 Å². The maximum absolute atomic E-state index is 9.14. The zero-order chi connectivity index (χ0) is 12.1. The van der Waals surface area contributed by atoms with Gasteiger partial charge in [0, 0.05) is 25.8 Å². The van der Waals surface area contributed by atoms with E-state index in [-0.39, 0.29) is 6.61 Å². The molecule has 0 aliphatic carbocycles. The maximum Gasteiger partial charge on any atom is 0.120 e. The fourth-order valence-corrected chi connectivity index (χ4v) is 1.49. The lowest BCUT2D eigenvalue weighted by atomic mass is 10.2. The molecule has 1 heterocycles. The summed E-state index contributed by atoms with van der Waals surface area (Å²) in [6, 6.07) is 3.94. The minimum atomic E-state index is -0.737. The molecule has 0 spiro atoms. The van der Waals surface area contributed by atoms with Crippen LogP contribution in [0.1, 0.15) is 17.0 Å². The van der Waals surface area contributed by atoms with Gasteiger partial charge in [-0.05, 0) is 18.6 Å². The first-order valence-corrected chi connectivity index (χ1v) is 5.15. The van der Waals surface area contributed by atoms with Crippen molar-refractivity contribution in [2.45, 2.75) is 19.6 Å². The molecule has 0 aromatic carbocycles. The van der Waals surface area contributed by atoms with Crippen LogP contribution in [0.25, 0.3) is 0 Å². The molecule has 5 heteroatoms. The fourth-order valence-electron chi connectivity index (χ4n) is 1.49.